The van der Waals surface area contributed by atoms with E-state index in [2.05, 4.69) is 22.1 Å². The lowest BCUT2D eigenvalue weighted by Crippen LogP contribution is -2.32. The second-order valence-electron chi connectivity index (χ2n) is 7.37. The number of carbonyl (C=O) groups is 1. The van der Waals surface area contributed by atoms with E-state index in [9.17, 15) is 4.79 Å². The molecule has 23 heavy (non-hydrogen) atoms. The van der Waals surface area contributed by atoms with Crippen molar-refractivity contribution in [2.75, 3.05) is 0 Å². The lowest BCUT2D eigenvalue weighted by atomic mass is 9.96. The second-order valence-corrected chi connectivity index (χ2v) is 7.37. The summed E-state index contributed by atoms with van der Waals surface area (Å²) in [5.74, 6) is -0.133. The molecule has 0 bridgehead atoms. The van der Waals surface area contributed by atoms with Crippen molar-refractivity contribution < 1.29 is 9.53 Å². The highest BCUT2D eigenvalue weighted by Gasteiger charge is 2.54. The zero-order valence-electron chi connectivity index (χ0n) is 13.6. The van der Waals surface area contributed by atoms with Crippen LogP contribution in [0.4, 0.5) is 0 Å². The van der Waals surface area contributed by atoms with E-state index in [0.29, 0.717) is 0 Å². The fraction of sp³-hybridized carbons (Fsp3) is 0.368. The number of hydrogen-bond acceptors (Lipinski definition) is 3. The Balaban J connectivity index is 1.80. The van der Waals surface area contributed by atoms with Crippen LogP contribution in [0.15, 0.2) is 36.5 Å². The molecule has 0 amide bonds. The number of aromatic amines is 1. The summed E-state index contributed by atoms with van der Waals surface area (Å²) in [7, 11) is 0. The van der Waals surface area contributed by atoms with Gasteiger partial charge in [0.2, 0.25) is 0 Å². The molecule has 3 aromatic rings. The maximum absolute atomic E-state index is 12.6. The van der Waals surface area contributed by atoms with Gasteiger partial charge in [-0.25, -0.2) is 4.98 Å². The van der Waals surface area contributed by atoms with Gasteiger partial charge in [0.1, 0.15) is 11.2 Å². The molecule has 0 spiro atoms. The Morgan fingerprint density at radius 2 is 1.96 bits per heavy atom. The highest BCUT2D eigenvalue weighted by Crippen LogP contribution is 2.50. The van der Waals surface area contributed by atoms with Crippen LogP contribution >= 0.6 is 0 Å². The highest BCUT2D eigenvalue weighted by molar-refractivity contribution is 6.06. The SMILES string of the molecule is CC(C)(C)OC(=O)C1(c2cnc3[nH]c4ccccc4c3c2)CC1. The van der Waals surface area contributed by atoms with Gasteiger partial charge in [-0.1, -0.05) is 18.2 Å². The van der Waals surface area contributed by atoms with Gasteiger partial charge in [-0.15, -0.1) is 0 Å². The highest BCUT2D eigenvalue weighted by atomic mass is 16.6. The van der Waals surface area contributed by atoms with Crippen molar-refractivity contribution in [3.05, 3.63) is 42.1 Å². The number of hydrogen-bond donors (Lipinski definition) is 1. The summed E-state index contributed by atoms with van der Waals surface area (Å²) in [4.78, 5) is 20.5. The van der Waals surface area contributed by atoms with Crippen LogP contribution in [-0.2, 0) is 14.9 Å². The second kappa shape index (κ2) is 4.57. The number of fused-ring (bicyclic) bond motifs is 3. The summed E-state index contributed by atoms with van der Waals surface area (Å²) in [5, 5.41) is 2.20. The van der Waals surface area contributed by atoms with Crippen LogP contribution < -0.4 is 0 Å². The van der Waals surface area contributed by atoms with E-state index in [4.69, 9.17) is 4.74 Å². The van der Waals surface area contributed by atoms with Crippen LogP contribution in [0.2, 0.25) is 0 Å². The van der Waals surface area contributed by atoms with Gasteiger partial charge in [0.05, 0.1) is 5.41 Å². The maximum atomic E-state index is 12.6. The molecular weight excluding hydrogens is 288 g/mol. The van der Waals surface area contributed by atoms with E-state index in [1.807, 2.05) is 45.2 Å². The molecular formula is C19H20N2O2. The molecule has 4 heteroatoms. The van der Waals surface area contributed by atoms with Gasteiger partial charge >= 0.3 is 5.97 Å². The predicted octanol–water partition coefficient (Wildman–Crippen LogP) is 4.09. The van der Waals surface area contributed by atoms with Gasteiger partial charge in [-0.2, -0.15) is 0 Å². The molecule has 1 aromatic carbocycles. The summed E-state index contributed by atoms with van der Waals surface area (Å²) in [6, 6.07) is 10.2. The Morgan fingerprint density at radius 3 is 2.65 bits per heavy atom. The molecule has 1 aliphatic rings. The van der Waals surface area contributed by atoms with Crippen LogP contribution in [-0.4, -0.2) is 21.5 Å². The first-order chi connectivity index (χ1) is 10.9. The van der Waals surface area contributed by atoms with E-state index in [0.717, 1.165) is 40.3 Å². The Hall–Kier alpha value is -2.36. The predicted molar refractivity (Wildman–Crippen MR) is 90.4 cm³/mol. The van der Waals surface area contributed by atoms with Gasteiger partial charge in [0, 0.05) is 22.5 Å². The van der Waals surface area contributed by atoms with Gasteiger partial charge in [-0.3, -0.25) is 4.79 Å². The lowest BCUT2D eigenvalue weighted by Gasteiger charge is -2.23. The van der Waals surface area contributed by atoms with Crippen molar-refractivity contribution in [2.24, 2.45) is 0 Å². The third-order valence-electron chi connectivity index (χ3n) is 4.45. The molecule has 1 N–H and O–H groups in total. The molecule has 1 aliphatic carbocycles. The first kappa shape index (κ1) is 14.2. The Bertz CT molecular complexity index is 914. The van der Waals surface area contributed by atoms with E-state index in [-0.39, 0.29) is 5.97 Å². The van der Waals surface area contributed by atoms with Crippen molar-refractivity contribution in [1.29, 1.82) is 0 Å². The average Bonchev–Trinajstić information content (AvgIpc) is 3.21. The van der Waals surface area contributed by atoms with E-state index >= 15 is 0 Å². The Morgan fingerprint density at radius 1 is 1.22 bits per heavy atom. The molecule has 0 unspecified atom stereocenters. The molecule has 1 saturated carbocycles. The molecule has 4 rings (SSSR count). The molecule has 0 atom stereocenters. The molecule has 1 fully saturated rings. The molecule has 2 heterocycles. The molecule has 0 aliphatic heterocycles. The van der Waals surface area contributed by atoms with Crippen LogP contribution in [0.25, 0.3) is 21.9 Å². The molecule has 4 nitrogen and oxygen atoms in total. The summed E-state index contributed by atoms with van der Waals surface area (Å²) in [6.07, 6.45) is 3.48. The maximum Gasteiger partial charge on any atom is 0.317 e. The van der Waals surface area contributed by atoms with Crippen molar-refractivity contribution in [3.8, 4) is 0 Å². The van der Waals surface area contributed by atoms with Gasteiger partial charge in [0.15, 0.2) is 0 Å². The summed E-state index contributed by atoms with van der Waals surface area (Å²) < 4.78 is 5.63. The normalized spacial score (nSPS) is 16.7. The number of carbonyl (C=O) groups excluding carboxylic acids is 1. The number of nitrogens with zero attached hydrogens (tertiary/aromatic N) is 1. The monoisotopic (exact) mass is 308 g/mol. The first-order valence-corrected chi connectivity index (χ1v) is 7.99. The van der Waals surface area contributed by atoms with Crippen molar-refractivity contribution >= 4 is 27.9 Å². The van der Waals surface area contributed by atoms with Gasteiger partial charge < -0.3 is 9.72 Å². The van der Waals surface area contributed by atoms with E-state index < -0.39 is 11.0 Å². The molecule has 2 aromatic heterocycles. The molecule has 0 radical (unpaired) electrons. The first-order valence-electron chi connectivity index (χ1n) is 7.99. The minimum absolute atomic E-state index is 0.133. The van der Waals surface area contributed by atoms with Crippen molar-refractivity contribution in [2.45, 2.75) is 44.6 Å². The zero-order chi connectivity index (χ0) is 16.2. The Kier molecular flexibility index (Phi) is 2.83. The number of aromatic nitrogens is 2. The third kappa shape index (κ3) is 2.29. The van der Waals surface area contributed by atoms with Crippen LogP contribution in [0.5, 0.6) is 0 Å². The molecule has 0 saturated heterocycles. The van der Waals surface area contributed by atoms with E-state index in [1.54, 1.807) is 0 Å². The van der Waals surface area contributed by atoms with Gasteiger partial charge in [0.25, 0.3) is 0 Å². The minimum atomic E-state index is -0.507. The van der Waals surface area contributed by atoms with Crippen molar-refractivity contribution in [3.63, 3.8) is 0 Å². The summed E-state index contributed by atoms with van der Waals surface area (Å²) >= 11 is 0. The fourth-order valence-corrected chi connectivity index (χ4v) is 3.10. The Labute approximate surface area is 134 Å². The number of pyridine rings is 1. The lowest BCUT2D eigenvalue weighted by molar-refractivity contribution is -0.158. The van der Waals surface area contributed by atoms with Crippen LogP contribution in [0.1, 0.15) is 39.2 Å². The number of ether oxygens (including phenoxy) is 1. The van der Waals surface area contributed by atoms with Crippen LogP contribution in [0.3, 0.4) is 0 Å². The van der Waals surface area contributed by atoms with Gasteiger partial charge in [-0.05, 0) is 51.3 Å². The number of rotatable bonds is 2. The summed E-state index contributed by atoms with van der Waals surface area (Å²) in [5.41, 5.74) is 1.91. The quantitative estimate of drug-likeness (QED) is 0.725. The van der Waals surface area contributed by atoms with Crippen molar-refractivity contribution in [1.82, 2.24) is 9.97 Å². The number of H-pyrrole nitrogens is 1. The average molecular weight is 308 g/mol. The smallest absolute Gasteiger partial charge is 0.317 e. The van der Waals surface area contributed by atoms with Crippen LogP contribution in [0, 0.1) is 0 Å². The number of esters is 1. The minimum Gasteiger partial charge on any atom is -0.459 e. The van der Waals surface area contributed by atoms with E-state index in [1.165, 1.54) is 0 Å². The largest absolute Gasteiger partial charge is 0.459 e. The topological polar surface area (TPSA) is 55.0 Å². The number of para-hydroxylation sites is 1. The number of nitrogens with one attached hydrogen (secondary N) is 1. The number of benzene rings is 1. The molecule has 118 valence electrons. The standard InChI is InChI=1S/C19H20N2O2/c1-18(2,3)23-17(22)19(8-9-19)12-10-14-13-6-4-5-7-15(13)21-16(14)20-11-12/h4-7,10-11H,8-9H2,1-3H3,(H,20,21). The fourth-order valence-electron chi connectivity index (χ4n) is 3.10. The zero-order valence-corrected chi connectivity index (χ0v) is 13.6. The third-order valence-corrected chi connectivity index (χ3v) is 4.45. The summed E-state index contributed by atoms with van der Waals surface area (Å²) in [6.45, 7) is 5.71.